The molecule has 1 fully saturated rings. The summed E-state index contributed by atoms with van der Waals surface area (Å²) in [5, 5.41) is 17.9. The van der Waals surface area contributed by atoms with Gasteiger partial charge in [-0.2, -0.15) is 5.26 Å². The van der Waals surface area contributed by atoms with Crippen LogP contribution in [0.25, 0.3) is 0 Å². The number of carbonyl (C=O) groups is 1. The van der Waals surface area contributed by atoms with Gasteiger partial charge in [-0.25, -0.2) is 0 Å². The number of hydrogen-bond donors (Lipinski definition) is 3. The van der Waals surface area contributed by atoms with Gasteiger partial charge in [0.2, 0.25) is 5.96 Å². The molecule has 7 nitrogen and oxygen atoms in total. The average Bonchev–Trinajstić information content (AvgIpc) is 2.78. The molecule has 1 saturated carbocycles. The lowest BCUT2D eigenvalue weighted by Crippen LogP contribution is -2.49. The summed E-state index contributed by atoms with van der Waals surface area (Å²) >= 11 is 0. The number of benzene rings is 1. The van der Waals surface area contributed by atoms with Crippen molar-refractivity contribution in [1.29, 1.82) is 5.26 Å². The molecule has 1 aromatic carbocycles. The van der Waals surface area contributed by atoms with Gasteiger partial charge in [-0.1, -0.05) is 30.3 Å². The van der Waals surface area contributed by atoms with E-state index in [4.69, 9.17) is 5.26 Å². The van der Waals surface area contributed by atoms with Crippen molar-refractivity contribution >= 4 is 11.9 Å². The number of rotatable bonds is 5. The fraction of sp³-hybridized carbons (Fsp3) is 0.391. The summed E-state index contributed by atoms with van der Waals surface area (Å²) in [6.45, 7) is 2.50. The molecule has 0 saturated heterocycles. The zero-order valence-electron chi connectivity index (χ0n) is 17.5. The van der Waals surface area contributed by atoms with Crippen molar-refractivity contribution in [2.24, 2.45) is 4.99 Å². The van der Waals surface area contributed by atoms with Gasteiger partial charge in [-0.15, -0.1) is 0 Å². The predicted molar refractivity (Wildman–Crippen MR) is 117 cm³/mol. The third-order valence-electron chi connectivity index (χ3n) is 5.79. The second-order valence-corrected chi connectivity index (χ2v) is 7.81. The van der Waals surface area contributed by atoms with E-state index in [0.29, 0.717) is 18.1 Å². The molecule has 1 amide bonds. The molecule has 0 aliphatic heterocycles. The number of carbonyl (C=O) groups excluding carboxylic acids is 1. The predicted octanol–water partition coefficient (Wildman–Crippen LogP) is 2.65. The highest BCUT2D eigenvalue weighted by Gasteiger charge is 2.37. The number of nitrogens with one attached hydrogen (secondary N) is 3. The van der Waals surface area contributed by atoms with Crippen molar-refractivity contribution in [2.45, 2.75) is 44.1 Å². The zero-order valence-corrected chi connectivity index (χ0v) is 17.5. The maximum Gasteiger partial charge on any atom is 0.252 e. The lowest BCUT2D eigenvalue weighted by Gasteiger charge is -2.41. The summed E-state index contributed by atoms with van der Waals surface area (Å²) in [6.07, 6.45) is 8.93. The Balaban J connectivity index is 1.71. The Morgan fingerprint density at radius 1 is 1.27 bits per heavy atom. The molecular formula is C23H28N6O. The second kappa shape index (κ2) is 9.88. The van der Waals surface area contributed by atoms with E-state index in [2.05, 4.69) is 38.1 Å². The molecule has 1 aliphatic carbocycles. The van der Waals surface area contributed by atoms with E-state index >= 15 is 0 Å². The summed E-state index contributed by atoms with van der Waals surface area (Å²) in [5.74, 6) is 0.398. The third-order valence-corrected chi connectivity index (χ3v) is 5.79. The number of aliphatic imine (C=N–C) groups is 1. The number of amides is 1. The molecule has 0 radical (unpaired) electrons. The highest BCUT2D eigenvalue weighted by Crippen LogP contribution is 2.39. The van der Waals surface area contributed by atoms with Crippen LogP contribution in [0.5, 0.6) is 0 Å². The van der Waals surface area contributed by atoms with E-state index in [9.17, 15) is 4.79 Å². The summed E-state index contributed by atoms with van der Waals surface area (Å²) in [5.41, 5.74) is 2.66. The topological polar surface area (TPSA) is 102 Å². The van der Waals surface area contributed by atoms with Gasteiger partial charge < -0.3 is 10.6 Å². The molecule has 0 bridgehead atoms. The minimum atomic E-state index is -0.126. The van der Waals surface area contributed by atoms with Crippen molar-refractivity contribution < 1.29 is 4.79 Å². The minimum absolute atomic E-state index is 0.0969. The van der Waals surface area contributed by atoms with Crippen LogP contribution in [0, 0.1) is 18.4 Å². The lowest BCUT2D eigenvalue weighted by molar-refractivity contribution is 0.0934. The minimum Gasteiger partial charge on any atom is -0.353 e. The van der Waals surface area contributed by atoms with Gasteiger partial charge in [0.1, 0.15) is 0 Å². The lowest BCUT2D eigenvalue weighted by atomic mass is 9.68. The van der Waals surface area contributed by atoms with Gasteiger partial charge in [-0.3, -0.25) is 20.1 Å². The Hall–Kier alpha value is -3.40. The molecule has 0 unspecified atom stereocenters. The Morgan fingerprint density at radius 3 is 2.63 bits per heavy atom. The average molecular weight is 405 g/mol. The Morgan fingerprint density at radius 2 is 2.00 bits per heavy atom. The van der Waals surface area contributed by atoms with Crippen LogP contribution in [0.15, 0.2) is 53.8 Å². The molecule has 3 N–H and O–H groups in total. The van der Waals surface area contributed by atoms with E-state index in [1.165, 1.54) is 5.56 Å². The standard InChI is InChI=1S/C23H28N6O/c1-17-12-18(14-26-13-17)21(30)27-15-23(19-6-4-3-5-7-19)10-8-20(9-11-23)29-22(25-2)28-16-24/h3-7,12-14,20H,8-11,15H2,1-2H3,(H,27,30)(H2,25,28,29). The SMILES string of the molecule is CN=C(NC#N)NC1CCC(CNC(=O)c2cncc(C)c2)(c2ccccc2)CC1. The van der Waals surface area contributed by atoms with Gasteiger partial charge in [0.15, 0.2) is 6.19 Å². The number of aryl methyl sites for hydroxylation is 1. The molecule has 2 aromatic rings. The van der Waals surface area contributed by atoms with Crippen molar-refractivity contribution in [3.8, 4) is 6.19 Å². The van der Waals surface area contributed by atoms with E-state index in [1.54, 1.807) is 19.4 Å². The van der Waals surface area contributed by atoms with Crippen LogP contribution in [-0.2, 0) is 5.41 Å². The van der Waals surface area contributed by atoms with Crippen LogP contribution >= 0.6 is 0 Å². The van der Waals surface area contributed by atoms with E-state index in [0.717, 1.165) is 31.2 Å². The number of nitriles is 1. The van der Waals surface area contributed by atoms with Crippen LogP contribution in [0.4, 0.5) is 0 Å². The first kappa shape index (κ1) is 21.3. The van der Waals surface area contributed by atoms with E-state index < -0.39 is 0 Å². The number of guanidine groups is 1. The van der Waals surface area contributed by atoms with Gasteiger partial charge >= 0.3 is 0 Å². The normalized spacial score (nSPS) is 21.4. The fourth-order valence-electron chi connectivity index (χ4n) is 4.11. The molecule has 0 spiro atoms. The number of nitrogens with zero attached hydrogens (tertiary/aromatic N) is 3. The molecule has 1 aromatic heterocycles. The monoisotopic (exact) mass is 404 g/mol. The second-order valence-electron chi connectivity index (χ2n) is 7.81. The quantitative estimate of drug-likeness (QED) is 0.308. The number of pyridine rings is 1. The molecule has 3 rings (SSSR count). The maximum atomic E-state index is 12.7. The molecule has 1 aliphatic rings. The first-order valence-electron chi connectivity index (χ1n) is 10.2. The molecule has 1 heterocycles. The zero-order chi connectivity index (χ0) is 21.4. The van der Waals surface area contributed by atoms with Crippen LogP contribution in [0.1, 0.15) is 47.2 Å². The van der Waals surface area contributed by atoms with Crippen molar-refractivity contribution in [3.05, 3.63) is 65.5 Å². The Labute approximate surface area is 177 Å². The Bertz CT molecular complexity index is 926. The summed E-state index contributed by atoms with van der Waals surface area (Å²) in [6, 6.07) is 12.5. The fourth-order valence-corrected chi connectivity index (χ4v) is 4.11. The summed E-state index contributed by atoms with van der Waals surface area (Å²) < 4.78 is 0. The Kier molecular flexibility index (Phi) is 7.02. The van der Waals surface area contributed by atoms with Gasteiger partial charge in [0, 0.05) is 37.4 Å². The van der Waals surface area contributed by atoms with Crippen LogP contribution in [-0.4, -0.2) is 36.5 Å². The van der Waals surface area contributed by atoms with Gasteiger partial charge in [-0.05, 0) is 49.8 Å². The van der Waals surface area contributed by atoms with E-state index in [-0.39, 0.29) is 17.4 Å². The maximum absolute atomic E-state index is 12.7. The summed E-state index contributed by atoms with van der Waals surface area (Å²) in [4.78, 5) is 20.9. The molecule has 7 heteroatoms. The van der Waals surface area contributed by atoms with Crippen molar-refractivity contribution in [1.82, 2.24) is 20.9 Å². The van der Waals surface area contributed by atoms with Crippen molar-refractivity contribution in [2.75, 3.05) is 13.6 Å². The smallest absolute Gasteiger partial charge is 0.252 e. The highest BCUT2D eigenvalue weighted by atomic mass is 16.1. The van der Waals surface area contributed by atoms with E-state index in [1.807, 2.05) is 37.4 Å². The third kappa shape index (κ3) is 5.15. The van der Waals surface area contributed by atoms with Gasteiger partial charge in [0.25, 0.3) is 5.91 Å². The summed E-state index contributed by atoms with van der Waals surface area (Å²) in [7, 11) is 1.65. The largest absolute Gasteiger partial charge is 0.353 e. The van der Waals surface area contributed by atoms with Crippen LogP contribution in [0.2, 0.25) is 0 Å². The number of aromatic nitrogens is 1. The van der Waals surface area contributed by atoms with Crippen LogP contribution < -0.4 is 16.0 Å². The number of hydrogen-bond acceptors (Lipinski definition) is 4. The van der Waals surface area contributed by atoms with Crippen LogP contribution in [0.3, 0.4) is 0 Å². The molecule has 0 atom stereocenters. The first-order valence-corrected chi connectivity index (χ1v) is 10.2. The molecule has 30 heavy (non-hydrogen) atoms. The molecule has 156 valence electrons. The molecular weight excluding hydrogens is 376 g/mol. The van der Waals surface area contributed by atoms with Gasteiger partial charge in [0.05, 0.1) is 5.56 Å². The first-order chi connectivity index (χ1) is 14.6. The highest BCUT2D eigenvalue weighted by molar-refractivity contribution is 5.94. The van der Waals surface area contributed by atoms with Crippen molar-refractivity contribution in [3.63, 3.8) is 0 Å².